The first kappa shape index (κ1) is 13.0. The molecule has 0 saturated heterocycles. The monoisotopic (exact) mass is 286 g/mol. The van der Waals surface area contributed by atoms with Crippen LogP contribution < -0.4 is 15.8 Å². The van der Waals surface area contributed by atoms with Crippen molar-refractivity contribution in [3.8, 4) is 5.75 Å². The molecule has 4 nitrogen and oxygen atoms in total. The zero-order chi connectivity index (χ0) is 12.1. The summed E-state index contributed by atoms with van der Waals surface area (Å²) in [6.07, 6.45) is 0. The van der Waals surface area contributed by atoms with E-state index in [9.17, 15) is 4.79 Å². The van der Waals surface area contributed by atoms with Crippen LogP contribution in [0.5, 0.6) is 5.75 Å². The van der Waals surface area contributed by atoms with Gasteiger partial charge in [-0.05, 0) is 30.7 Å². The van der Waals surface area contributed by atoms with Crippen LogP contribution in [0.15, 0.2) is 22.7 Å². The highest BCUT2D eigenvalue weighted by Gasteiger charge is 2.09. The van der Waals surface area contributed by atoms with Crippen LogP contribution in [0.2, 0.25) is 0 Å². The lowest BCUT2D eigenvalue weighted by molar-refractivity contribution is -0.119. The molecule has 16 heavy (non-hydrogen) atoms. The third kappa shape index (κ3) is 3.50. The number of ether oxygens (including phenoxy) is 1. The van der Waals surface area contributed by atoms with Crippen molar-refractivity contribution in [2.45, 2.75) is 19.5 Å². The Morgan fingerprint density at radius 2 is 2.31 bits per heavy atom. The molecule has 3 N–H and O–H groups in total. The number of methoxy groups -OCH3 is 1. The molecular weight excluding hydrogens is 272 g/mol. The SMILES string of the molecule is COc1ccc(Br)c(CNC(C)C(N)=O)c1. The average Bonchev–Trinajstić information content (AvgIpc) is 2.27. The normalized spacial score (nSPS) is 12.2. The molecule has 0 aliphatic carbocycles. The predicted octanol–water partition coefficient (Wildman–Crippen LogP) is 1.42. The number of benzene rings is 1. The van der Waals surface area contributed by atoms with Gasteiger partial charge in [-0.25, -0.2) is 0 Å². The summed E-state index contributed by atoms with van der Waals surface area (Å²) in [5.41, 5.74) is 6.18. The minimum Gasteiger partial charge on any atom is -0.497 e. The standard InChI is InChI=1S/C11H15BrN2O2/c1-7(11(13)15)14-6-8-5-9(16-2)3-4-10(8)12/h3-5,7,14H,6H2,1-2H3,(H2,13,15). The largest absolute Gasteiger partial charge is 0.497 e. The van der Waals surface area contributed by atoms with Crippen molar-refractivity contribution in [2.75, 3.05) is 7.11 Å². The summed E-state index contributed by atoms with van der Waals surface area (Å²) in [6.45, 7) is 2.29. The first-order valence-electron chi connectivity index (χ1n) is 4.89. The van der Waals surface area contributed by atoms with Crippen molar-refractivity contribution in [1.29, 1.82) is 0 Å². The molecule has 1 atom stereocenters. The van der Waals surface area contributed by atoms with E-state index in [1.54, 1.807) is 14.0 Å². The lowest BCUT2D eigenvalue weighted by atomic mass is 10.2. The second kappa shape index (κ2) is 5.86. The van der Waals surface area contributed by atoms with Gasteiger partial charge in [-0.3, -0.25) is 4.79 Å². The fraction of sp³-hybridized carbons (Fsp3) is 0.364. The summed E-state index contributed by atoms with van der Waals surface area (Å²) in [7, 11) is 1.62. The van der Waals surface area contributed by atoms with E-state index in [0.29, 0.717) is 6.54 Å². The van der Waals surface area contributed by atoms with Gasteiger partial charge in [-0.1, -0.05) is 15.9 Å². The van der Waals surface area contributed by atoms with E-state index >= 15 is 0 Å². The van der Waals surface area contributed by atoms with Crippen LogP contribution in [0.25, 0.3) is 0 Å². The second-order valence-electron chi connectivity index (χ2n) is 3.46. The molecule has 0 spiro atoms. The van der Waals surface area contributed by atoms with Crippen molar-refractivity contribution in [3.05, 3.63) is 28.2 Å². The van der Waals surface area contributed by atoms with Gasteiger partial charge < -0.3 is 15.8 Å². The van der Waals surface area contributed by atoms with E-state index in [-0.39, 0.29) is 11.9 Å². The number of hydrogen-bond donors (Lipinski definition) is 2. The Bertz CT molecular complexity index is 382. The summed E-state index contributed by atoms with van der Waals surface area (Å²) < 4.78 is 6.09. The molecule has 0 fully saturated rings. The van der Waals surface area contributed by atoms with Crippen molar-refractivity contribution < 1.29 is 9.53 Å². The van der Waals surface area contributed by atoms with Crippen molar-refractivity contribution >= 4 is 21.8 Å². The summed E-state index contributed by atoms with van der Waals surface area (Å²) in [5.74, 6) is 0.422. The quantitative estimate of drug-likeness (QED) is 0.861. The van der Waals surface area contributed by atoms with Gasteiger partial charge in [0, 0.05) is 11.0 Å². The molecule has 0 aromatic heterocycles. The smallest absolute Gasteiger partial charge is 0.234 e. The third-order valence-corrected chi connectivity index (χ3v) is 3.05. The maximum absolute atomic E-state index is 10.9. The Labute approximate surface area is 103 Å². The number of hydrogen-bond acceptors (Lipinski definition) is 3. The van der Waals surface area contributed by atoms with E-state index in [1.807, 2.05) is 18.2 Å². The van der Waals surface area contributed by atoms with Gasteiger partial charge in [0.05, 0.1) is 13.2 Å². The number of carbonyl (C=O) groups excluding carboxylic acids is 1. The first-order valence-corrected chi connectivity index (χ1v) is 5.69. The summed E-state index contributed by atoms with van der Waals surface area (Å²) in [5, 5.41) is 3.03. The fourth-order valence-electron chi connectivity index (χ4n) is 1.18. The summed E-state index contributed by atoms with van der Waals surface area (Å²) >= 11 is 3.44. The minimum atomic E-state index is -0.362. The highest BCUT2D eigenvalue weighted by atomic mass is 79.9. The number of halogens is 1. The zero-order valence-electron chi connectivity index (χ0n) is 9.29. The van der Waals surface area contributed by atoms with Gasteiger partial charge >= 0.3 is 0 Å². The van der Waals surface area contributed by atoms with Crippen LogP contribution >= 0.6 is 15.9 Å². The second-order valence-corrected chi connectivity index (χ2v) is 4.32. The van der Waals surface area contributed by atoms with Crippen LogP contribution in [-0.4, -0.2) is 19.1 Å². The van der Waals surface area contributed by atoms with E-state index in [4.69, 9.17) is 10.5 Å². The minimum absolute atomic E-state index is 0.349. The molecule has 1 unspecified atom stereocenters. The third-order valence-electron chi connectivity index (χ3n) is 2.28. The van der Waals surface area contributed by atoms with E-state index in [1.165, 1.54) is 0 Å². The molecule has 5 heteroatoms. The molecule has 1 amide bonds. The Morgan fingerprint density at radius 1 is 1.62 bits per heavy atom. The van der Waals surface area contributed by atoms with Gasteiger partial charge in [0.2, 0.25) is 5.91 Å². The Morgan fingerprint density at radius 3 is 2.88 bits per heavy atom. The van der Waals surface area contributed by atoms with E-state index in [2.05, 4.69) is 21.2 Å². The molecule has 88 valence electrons. The number of nitrogens with one attached hydrogen (secondary N) is 1. The van der Waals surface area contributed by atoms with Crippen LogP contribution in [0.3, 0.4) is 0 Å². The fourth-order valence-corrected chi connectivity index (χ4v) is 1.56. The average molecular weight is 287 g/mol. The number of carbonyl (C=O) groups is 1. The van der Waals surface area contributed by atoms with Gasteiger partial charge in [0.1, 0.15) is 5.75 Å². The number of rotatable bonds is 5. The van der Waals surface area contributed by atoms with Gasteiger partial charge in [0.25, 0.3) is 0 Å². The molecule has 1 aromatic rings. The van der Waals surface area contributed by atoms with Crippen LogP contribution in [-0.2, 0) is 11.3 Å². The Balaban J connectivity index is 2.69. The molecule has 0 saturated carbocycles. The van der Waals surface area contributed by atoms with Gasteiger partial charge in [0.15, 0.2) is 0 Å². The Kier molecular flexibility index (Phi) is 4.76. The maximum atomic E-state index is 10.9. The molecule has 1 rings (SSSR count). The summed E-state index contributed by atoms with van der Waals surface area (Å²) in [6, 6.07) is 5.33. The van der Waals surface area contributed by atoms with Crippen molar-refractivity contribution in [3.63, 3.8) is 0 Å². The highest BCUT2D eigenvalue weighted by molar-refractivity contribution is 9.10. The Hall–Kier alpha value is -1.07. The molecule has 0 bridgehead atoms. The first-order chi connectivity index (χ1) is 7.54. The van der Waals surface area contributed by atoms with Crippen LogP contribution in [0.1, 0.15) is 12.5 Å². The topological polar surface area (TPSA) is 64.3 Å². The molecular formula is C11H15BrN2O2. The highest BCUT2D eigenvalue weighted by Crippen LogP contribution is 2.22. The van der Waals surface area contributed by atoms with E-state index in [0.717, 1.165) is 15.8 Å². The number of primary amides is 1. The lowest BCUT2D eigenvalue weighted by Crippen LogP contribution is -2.38. The molecule has 0 heterocycles. The van der Waals surface area contributed by atoms with Crippen LogP contribution in [0, 0.1) is 0 Å². The lowest BCUT2D eigenvalue weighted by Gasteiger charge is -2.12. The summed E-state index contributed by atoms with van der Waals surface area (Å²) in [4.78, 5) is 10.9. The van der Waals surface area contributed by atoms with Crippen molar-refractivity contribution in [2.24, 2.45) is 5.73 Å². The van der Waals surface area contributed by atoms with Gasteiger partial charge in [-0.15, -0.1) is 0 Å². The number of amides is 1. The van der Waals surface area contributed by atoms with E-state index < -0.39 is 0 Å². The molecule has 0 aliphatic heterocycles. The van der Waals surface area contributed by atoms with Gasteiger partial charge in [-0.2, -0.15) is 0 Å². The zero-order valence-corrected chi connectivity index (χ0v) is 10.9. The number of nitrogens with two attached hydrogens (primary N) is 1. The van der Waals surface area contributed by atoms with Crippen LogP contribution in [0.4, 0.5) is 0 Å². The molecule has 0 radical (unpaired) electrons. The predicted molar refractivity (Wildman–Crippen MR) is 66.2 cm³/mol. The molecule has 1 aromatic carbocycles. The molecule has 0 aliphatic rings. The van der Waals surface area contributed by atoms with Crippen molar-refractivity contribution in [1.82, 2.24) is 5.32 Å². The maximum Gasteiger partial charge on any atom is 0.234 e.